The summed E-state index contributed by atoms with van der Waals surface area (Å²) in [5, 5.41) is 0. The number of aromatic nitrogens is 1. The van der Waals surface area contributed by atoms with Gasteiger partial charge in [0.1, 0.15) is 0 Å². The van der Waals surface area contributed by atoms with E-state index in [0.717, 1.165) is 19.6 Å². The van der Waals surface area contributed by atoms with E-state index >= 15 is 0 Å². The molecule has 1 fully saturated rings. The molecule has 1 aromatic heterocycles. The van der Waals surface area contributed by atoms with Gasteiger partial charge in [-0.1, -0.05) is 0 Å². The van der Waals surface area contributed by atoms with Crippen molar-refractivity contribution in [2.24, 2.45) is 5.73 Å². The summed E-state index contributed by atoms with van der Waals surface area (Å²) in [6.07, 6.45) is 3.70. The van der Waals surface area contributed by atoms with Crippen molar-refractivity contribution in [3.63, 3.8) is 0 Å². The Balaban J connectivity index is 2.16. The van der Waals surface area contributed by atoms with E-state index in [9.17, 15) is 0 Å². The highest BCUT2D eigenvalue weighted by Gasteiger charge is 2.29. The van der Waals surface area contributed by atoms with Crippen molar-refractivity contribution >= 4 is 0 Å². The Hall–Kier alpha value is -0.970. The third kappa shape index (κ3) is 2.88. The minimum absolute atomic E-state index is 0.128. The number of hydrogen-bond donors (Lipinski definition) is 1. The van der Waals surface area contributed by atoms with Gasteiger partial charge >= 0.3 is 0 Å². The first-order valence-corrected chi connectivity index (χ1v) is 6.69. The van der Waals surface area contributed by atoms with Crippen LogP contribution in [-0.2, 0) is 0 Å². The average molecular weight is 248 g/mol. The number of nitrogens with zero attached hydrogens (tertiary/aromatic N) is 3. The summed E-state index contributed by atoms with van der Waals surface area (Å²) in [5.74, 6) is 0. The number of nitrogens with two attached hydrogens (primary N) is 1. The van der Waals surface area contributed by atoms with Gasteiger partial charge in [-0.3, -0.25) is 9.88 Å². The minimum Gasteiger partial charge on any atom is -0.326 e. The predicted molar refractivity (Wildman–Crippen MR) is 74.3 cm³/mol. The number of piperazine rings is 1. The Bertz CT molecular complexity index is 365. The molecule has 2 heterocycles. The fourth-order valence-corrected chi connectivity index (χ4v) is 2.74. The van der Waals surface area contributed by atoms with Crippen molar-refractivity contribution in [1.82, 2.24) is 14.8 Å². The Morgan fingerprint density at radius 2 is 2.00 bits per heavy atom. The zero-order valence-electron chi connectivity index (χ0n) is 11.6. The summed E-state index contributed by atoms with van der Waals surface area (Å²) < 4.78 is 0. The lowest BCUT2D eigenvalue weighted by Crippen LogP contribution is -2.53. The average Bonchev–Trinajstić information content (AvgIpc) is 2.35. The van der Waals surface area contributed by atoms with Gasteiger partial charge in [-0.25, -0.2) is 0 Å². The van der Waals surface area contributed by atoms with Crippen LogP contribution in [0.5, 0.6) is 0 Å². The highest BCUT2D eigenvalue weighted by atomic mass is 15.3. The standard InChI is InChI=1S/C14H24N4/c1-11-10-18(9-8-17(11)3)14(12(2)15)13-4-6-16-7-5-13/h4-7,11-12,14H,8-10,15H2,1-3H3. The van der Waals surface area contributed by atoms with Crippen LogP contribution in [0.3, 0.4) is 0 Å². The molecule has 18 heavy (non-hydrogen) atoms. The molecule has 2 rings (SSSR count). The van der Waals surface area contributed by atoms with Crippen molar-refractivity contribution in [2.75, 3.05) is 26.7 Å². The van der Waals surface area contributed by atoms with Crippen LogP contribution in [0.15, 0.2) is 24.5 Å². The quantitative estimate of drug-likeness (QED) is 0.870. The number of hydrogen-bond acceptors (Lipinski definition) is 4. The highest BCUT2D eigenvalue weighted by molar-refractivity contribution is 5.17. The Kier molecular flexibility index (Phi) is 4.32. The lowest BCUT2D eigenvalue weighted by Gasteiger charge is -2.43. The molecule has 0 saturated carbocycles. The highest BCUT2D eigenvalue weighted by Crippen LogP contribution is 2.25. The molecule has 4 nitrogen and oxygen atoms in total. The van der Waals surface area contributed by atoms with E-state index < -0.39 is 0 Å². The molecule has 0 spiro atoms. The second kappa shape index (κ2) is 5.78. The van der Waals surface area contributed by atoms with Crippen molar-refractivity contribution in [2.45, 2.75) is 32.0 Å². The van der Waals surface area contributed by atoms with Crippen LogP contribution in [0.2, 0.25) is 0 Å². The molecule has 1 aromatic rings. The zero-order chi connectivity index (χ0) is 13.1. The van der Waals surface area contributed by atoms with E-state index in [2.05, 4.69) is 47.8 Å². The van der Waals surface area contributed by atoms with E-state index in [4.69, 9.17) is 5.73 Å². The largest absolute Gasteiger partial charge is 0.326 e. The Labute approximate surface area is 110 Å². The van der Waals surface area contributed by atoms with E-state index in [0.29, 0.717) is 12.1 Å². The number of likely N-dealkylation sites (N-methyl/N-ethyl adjacent to an activating group) is 1. The molecule has 0 aliphatic carbocycles. The van der Waals surface area contributed by atoms with Crippen molar-refractivity contribution in [3.8, 4) is 0 Å². The molecule has 0 aromatic carbocycles. The minimum atomic E-state index is 0.128. The number of pyridine rings is 1. The van der Waals surface area contributed by atoms with Gasteiger partial charge in [0, 0.05) is 50.2 Å². The third-order valence-corrected chi connectivity index (χ3v) is 3.93. The lowest BCUT2D eigenvalue weighted by atomic mass is 9.98. The first-order chi connectivity index (χ1) is 8.59. The van der Waals surface area contributed by atoms with Crippen LogP contribution >= 0.6 is 0 Å². The fourth-order valence-electron chi connectivity index (χ4n) is 2.74. The van der Waals surface area contributed by atoms with Crippen LogP contribution in [0.25, 0.3) is 0 Å². The Morgan fingerprint density at radius 1 is 1.33 bits per heavy atom. The first-order valence-electron chi connectivity index (χ1n) is 6.69. The molecule has 0 bridgehead atoms. The fraction of sp³-hybridized carbons (Fsp3) is 0.643. The SMILES string of the molecule is CC(N)C(c1ccncc1)N1CCN(C)C(C)C1. The third-order valence-electron chi connectivity index (χ3n) is 3.93. The topological polar surface area (TPSA) is 45.4 Å². The molecule has 0 radical (unpaired) electrons. The maximum atomic E-state index is 6.20. The van der Waals surface area contributed by atoms with Crippen LogP contribution in [0, 0.1) is 0 Å². The smallest absolute Gasteiger partial charge is 0.0498 e. The van der Waals surface area contributed by atoms with Crippen molar-refractivity contribution in [1.29, 1.82) is 0 Å². The summed E-state index contributed by atoms with van der Waals surface area (Å²) in [6.45, 7) is 7.63. The molecule has 1 aliphatic rings. The lowest BCUT2D eigenvalue weighted by molar-refractivity contribution is 0.0638. The molecule has 100 valence electrons. The van der Waals surface area contributed by atoms with E-state index in [1.54, 1.807) is 0 Å². The van der Waals surface area contributed by atoms with Crippen molar-refractivity contribution < 1.29 is 0 Å². The molecule has 3 atom stereocenters. The molecule has 0 amide bonds. The summed E-state index contributed by atoms with van der Waals surface area (Å²) in [7, 11) is 2.19. The summed E-state index contributed by atoms with van der Waals surface area (Å²) in [6, 6.07) is 5.17. The number of rotatable bonds is 3. The van der Waals surface area contributed by atoms with Gasteiger partial charge in [0.25, 0.3) is 0 Å². The monoisotopic (exact) mass is 248 g/mol. The second-order valence-corrected chi connectivity index (χ2v) is 5.41. The molecule has 1 aliphatic heterocycles. The predicted octanol–water partition coefficient (Wildman–Crippen LogP) is 1.11. The maximum Gasteiger partial charge on any atom is 0.0498 e. The molecule has 4 heteroatoms. The van der Waals surface area contributed by atoms with Gasteiger partial charge in [-0.2, -0.15) is 0 Å². The van der Waals surface area contributed by atoms with Gasteiger partial charge in [-0.05, 0) is 38.6 Å². The summed E-state index contributed by atoms with van der Waals surface area (Å²) >= 11 is 0. The normalized spacial score (nSPS) is 25.9. The molecular formula is C14H24N4. The molecule has 1 saturated heterocycles. The van der Waals surface area contributed by atoms with Gasteiger partial charge in [0.05, 0.1) is 0 Å². The maximum absolute atomic E-state index is 6.20. The van der Waals surface area contributed by atoms with E-state index in [-0.39, 0.29) is 6.04 Å². The Morgan fingerprint density at radius 3 is 2.56 bits per heavy atom. The van der Waals surface area contributed by atoms with Crippen LogP contribution in [0.1, 0.15) is 25.5 Å². The van der Waals surface area contributed by atoms with Crippen LogP contribution in [-0.4, -0.2) is 53.5 Å². The zero-order valence-corrected chi connectivity index (χ0v) is 11.6. The first kappa shape index (κ1) is 13.5. The summed E-state index contributed by atoms with van der Waals surface area (Å²) in [5.41, 5.74) is 7.48. The van der Waals surface area contributed by atoms with E-state index in [1.807, 2.05) is 12.4 Å². The molecule has 2 N–H and O–H groups in total. The van der Waals surface area contributed by atoms with Gasteiger partial charge in [0.2, 0.25) is 0 Å². The molecular weight excluding hydrogens is 224 g/mol. The second-order valence-electron chi connectivity index (χ2n) is 5.41. The van der Waals surface area contributed by atoms with Crippen LogP contribution < -0.4 is 5.73 Å². The van der Waals surface area contributed by atoms with Gasteiger partial charge in [-0.15, -0.1) is 0 Å². The van der Waals surface area contributed by atoms with E-state index in [1.165, 1.54) is 5.56 Å². The van der Waals surface area contributed by atoms with Crippen LogP contribution in [0.4, 0.5) is 0 Å². The van der Waals surface area contributed by atoms with Gasteiger partial charge < -0.3 is 10.6 Å². The molecule has 3 unspecified atom stereocenters. The summed E-state index contributed by atoms with van der Waals surface area (Å²) in [4.78, 5) is 9.00. The van der Waals surface area contributed by atoms with Gasteiger partial charge in [0.15, 0.2) is 0 Å². The van der Waals surface area contributed by atoms with Crippen molar-refractivity contribution in [3.05, 3.63) is 30.1 Å².